The van der Waals surface area contributed by atoms with Crippen LogP contribution >= 0.6 is 0 Å². The van der Waals surface area contributed by atoms with E-state index >= 15 is 0 Å². The zero-order valence-electron chi connectivity index (χ0n) is 17.7. The largest absolute Gasteiger partial charge is 0.444 e. The van der Waals surface area contributed by atoms with Gasteiger partial charge in [0.05, 0.1) is 17.8 Å². The number of rotatable bonds is 3. The SMILES string of the molecule is C=C1CC2(OC1=O)C(=O)N(CCN1C(=O)C3(CCC(=O)O3)c3ccccc31)c1ccccc12. The van der Waals surface area contributed by atoms with Gasteiger partial charge in [-0.05, 0) is 12.1 Å². The minimum absolute atomic E-state index is 0.0999. The summed E-state index contributed by atoms with van der Waals surface area (Å²) in [5, 5.41) is 0. The highest BCUT2D eigenvalue weighted by Crippen LogP contribution is 2.51. The molecule has 2 aromatic rings. The van der Waals surface area contributed by atoms with Gasteiger partial charge in [-0.25, -0.2) is 4.79 Å². The van der Waals surface area contributed by atoms with Crippen molar-refractivity contribution in [2.75, 3.05) is 22.9 Å². The number of fused-ring (bicyclic) bond motifs is 4. The number of carbonyl (C=O) groups is 4. The second-order valence-electron chi connectivity index (χ2n) is 8.75. The van der Waals surface area contributed by atoms with E-state index in [9.17, 15) is 19.2 Å². The van der Waals surface area contributed by atoms with E-state index in [2.05, 4.69) is 6.58 Å². The normalized spacial score (nSPS) is 27.6. The maximum absolute atomic E-state index is 13.5. The number of carbonyl (C=O) groups excluding carboxylic acids is 4. The molecule has 2 fully saturated rings. The molecule has 0 saturated carbocycles. The Hall–Kier alpha value is -3.94. The van der Waals surface area contributed by atoms with Crippen LogP contribution in [0, 0.1) is 0 Å². The predicted octanol–water partition coefficient (Wildman–Crippen LogP) is 2.31. The molecule has 0 radical (unpaired) electrons. The quantitative estimate of drug-likeness (QED) is 0.533. The highest BCUT2D eigenvalue weighted by atomic mass is 16.6. The van der Waals surface area contributed by atoms with E-state index in [1.807, 2.05) is 24.3 Å². The molecule has 33 heavy (non-hydrogen) atoms. The Balaban J connectivity index is 1.33. The first kappa shape index (κ1) is 19.7. The monoisotopic (exact) mass is 444 g/mol. The van der Waals surface area contributed by atoms with E-state index < -0.39 is 23.1 Å². The highest BCUT2D eigenvalue weighted by Gasteiger charge is 2.59. The molecule has 8 nitrogen and oxygen atoms in total. The van der Waals surface area contributed by atoms with Gasteiger partial charge < -0.3 is 19.3 Å². The van der Waals surface area contributed by atoms with Gasteiger partial charge in [-0.3, -0.25) is 14.4 Å². The molecular weight excluding hydrogens is 424 g/mol. The van der Waals surface area contributed by atoms with Gasteiger partial charge in [-0.1, -0.05) is 43.0 Å². The number of para-hydroxylation sites is 2. The number of ether oxygens (including phenoxy) is 2. The standard InChI is InChI=1S/C25H20N2O6/c1-15-14-25(33-21(15)29)17-7-3-5-9-19(17)27(23(25)31)13-12-26-18-8-4-2-6-16(18)24(22(26)30)11-10-20(28)32-24/h2-9H,1,10-14H2. The zero-order valence-corrected chi connectivity index (χ0v) is 17.7. The van der Waals surface area contributed by atoms with Crippen LogP contribution in [0.5, 0.6) is 0 Å². The lowest BCUT2D eigenvalue weighted by atomic mass is 9.91. The van der Waals surface area contributed by atoms with Crippen molar-refractivity contribution in [3.63, 3.8) is 0 Å². The molecule has 6 rings (SSSR count). The highest BCUT2D eigenvalue weighted by molar-refractivity contribution is 6.12. The fraction of sp³-hybridized carbons (Fsp3) is 0.280. The summed E-state index contributed by atoms with van der Waals surface area (Å²) in [4.78, 5) is 54.2. The van der Waals surface area contributed by atoms with Crippen LogP contribution in [0.2, 0.25) is 0 Å². The number of hydrogen-bond donors (Lipinski definition) is 0. The summed E-state index contributed by atoms with van der Waals surface area (Å²) in [5.74, 6) is -1.62. The Labute approximate surface area is 189 Å². The van der Waals surface area contributed by atoms with Gasteiger partial charge in [0, 0.05) is 42.6 Å². The Morgan fingerprint density at radius 1 is 0.788 bits per heavy atom. The number of anilines is 2. The van der Waals surface area contributed by atoms with Crippen LogP contribution < -0.4 is 9.80 Å². The zero-order chi connectivity index (χ0) is 23.0. The van der Waals surface area contributed by atoms with Crippen LogP contribution in [0.1, 0.15) is 30.4 Å². The summed E-state index contributed by atoms with van der Waals surface area (Å²) in [5.41, 5.74) is 0.177. The van der Waals surface area contributed by atoms with Gasteiger partial charge >= 0.3 is 11.9 Å². The maximum Gasteiger partial charge on any atom is 0.335 e. The van der Waals surface area contributed by atoms with Gasteiger partial charge in [0.1, 0.15) is 0 Å². The average molecular weight is 444 g/mol. The molecule has 2 aromatic carbocycles. The van der Waals surface area contributed by atoms with Crippen molar-refractivity contribution in [2.24, 2.45) is 0 Å². The van der Waals surface area contributed by atoms with Crippen LogP contribution in [0.25, 0.3) is 0 Å². The number of hydrogen-bond acceptors (Lipinski definition) is 6. The first-order valence-electron chi connectivity index (χ1n) is 10.8. The lowest BCUT2D eigenvalue weighted by molar-refractivity contribution is -0.157. The molecule has 4 aliphatic rings. The number of nitrogens with zero attached hydrogens (tertiary/aromatic N) is 2. The van der Waals surface area contributed by atoms with Crippen molar-refractivity contribution >= 4 is 35.1 Å². The van der Waals surface area contributed by atoms with Crippen molar-refractivity contribution in [3.8, 4) is 0 Å². The molecular formula is C25H20N2O6. The third-order valence-corrected chi connectivity index (χ3v) is 6.98. The molecule has 0 N–H and O–H groups in total. The number of benzene rings is 2. The Kier molecular flexibility index (Phi) is 3.91. The molecule has 2 saturated heterocycles. The van der Waals surface area contributed by atoms with E-state index in [1.54, 1.807) is 34.1 Å². The summed E-state index contributed by atoms with van der Waals surface area (Å²) in [7, 11) is 0. The van der Waals surface area contributed by atoms with Crippen LogP contribution in [0.15, 0.2) is 60.7 Å². The van der Waals surface area contributed by atoms with Crippen molar-refractivity contribution in [3.05, 3.63) is 71.8 Å². The van der Waals surface area contributed by atoms with Gasteiger partial charge in [-0.15, -0.1) is 0 Å². The molecule has 0 bridgehead atoms. The summed E-state index contributed by atoms with van der Waals surface area (Å²) in [6.45, 7) is 4.12. The lowest BCUT2D eigenvalue weighted by Gasteiger charge is -2.26. The van der Waals surface area contributed by atoms with E-state index in [4.69, 9.17) is 9.47 Å². The first-order valence-corrected chi connectivity index (χ1v) is 10.8. The van der Waals surface area contributed by atoms with E-state index in [0.717, 1.165) is 0 Å². The fourth-order valence-corrected chi connectivity index (χ4v) is 5.45. The first-order chi connectivity index (χ1) is 15.9. The second-order valence-corrected chi connectivity index (χ2v) is 8.75. The Bertz CT molecular complexity index is 1270. The summed E-state index contributed by atoms with van der Waals surface area (Å²) >= 11 is 0. The van der Waals surface area contributed by atoms with Gasteiger partial charge in [0.15, 0.2) is 0 Å². The molecule has 2 amide bonds. The minimum atomic E-state index is -1.40. The summed E-state index contributed by atoms with van der Waals surface area (Å²) < 4.78 is 11.1. The lowest BCUT2D eigenvalue weighted by Crippen LogP contribution is -2.46. The van der Waals surface area contributed by atoms with Crippen LogP contribution in [-0.4, -0.2) is 36.8 Å². The average Bonchev–Trinajstić information content (AvgIpc) is 3.48. The molecule has 166 valence electrons. The molecule has 2 spiro atoms. The number of amides is 2. The second kappa shape index (κ2) is 6.54. The Morgan fingerprint density at radius 2 is 1.33 bits per heavy atom. The van der Waals surface area contributed by atoms with Crippen molar-refractivity contribution < 1.29 is 28.7 Å². The van der Waals surface area contributed by atoms with Crippen molar-refractivity contribution in [1.29, 1.82) is 0 Å². The Morgan fingerprint density at radius 3 is 1.85 bits per heavy atom. The maximum atomic E-state index is 13.5. The molecule has 4 heterocycles. The minimum Gasteiger partial charge on any atom is -0.444 e. The summed E-state index contributed by atoms with van der Waals surface area (Å²) in [6.07, 6.45) is 0.581. The van der Waals surface area contributed by atoms with Crippen LogP contribution in [0.4, 0.5) is 11.4 Å². The fourth-order valence-electron chi connectivity index (χ4n) is 5.45. The van der Waals surface area contributed by atoms with Gasteiger partial charge in [0.2, 0.25) is 11.2 Å². The van der Waals surface area contributed by atoms with Crippen molar-refractivity contribution in [1.82, 2.24) is 0 Å². The van der Waals surface area contributed by atoms with Crippen LogP contribution in [-0.2, 0) is 39.9 Å². The van der Waals surface area contributed by atoms with Gasteiger partial charge in [-0.2, -0.15) is 0 Å². The molecule has 0 aromatic heterocycles. The topological polar surface area (TPSA) is 93.2 Å². The number of esters is 2. The third kappa shape index (κ3) is 2.46. The molecule has 0 aliphatic carbocycles. The van der Waals surface area contributed by atoms with Crippen LogP contribution in [0.3, 0.4) is 0 Å². The molecule has 8 heteroatoms. The smallest absolute Gasteiger partial charge is 0.335 e. The van der Waals surface area contributed by atoms with E-state index in [0.29, 0.717) is 28.9 Å². The van der Waals surface area contributed by atoms with E-state index in [1.165, 1.54) is 0 Å². The third-order valence-electron chi connectivity index (χ3n) is 6.98. The van der Waals surface area contributed by atoms with Gasteiger partial charge in [0.25, 0.3) is 11.8 Å². The van der Waals surface area contributed by atoms with E-state index in [-0.39, 0.29) is 43.3 Å². The molecule has 2 unspecified atom stereocenters. The summed E-state index contributed by atoms with van der Waals surface area (Å²) in [6, 6.07) is 14.5. The molecule has 2 atom stereocenters. The predicted molar refractivity (Wildman–Crippen MR) is 116 cm³/mol. The molecule has 4 aliphatic heterocycles. The van der Waals surface area contributed by atoms with Crippen molar-refractivity contribution in [2.45, 2.75) is 30.5 Å².